The Hall–Kier alpha value is -3.52. The van der Waals surface area contributed by atoms with Crippen molar-refractivity contribution in [1.29, 1.82) is 0 Å². The minimum Gasteiger partial charge on any atom is -0.494 e. The highest BCUT2D eigenvalue weighted by molar-refractivity contribution is 7.91. The summed E-state index contributed by atoms with van der Waals surface area (Å²) in [6.45, 7) is 2.30. The highest BCUT2D eigenvalue weighted by Crippen LogP contribution is 2.25. The highest BCUT2D eigenvalue weighted by atomic mass is 32.2. The molecule has 8 heteroatoms. The van der Waals surface area contributed by atoms with Crippen molar-refractivity contribution in [3.05, 3.63) is 100 Å². The van der Waals surface area contributed by atoms with Gasteiger partial charge in [0.05, 0.1) is 22.4 Å². The molecule has 1 heterocycles. The van der Waals surface area contributed by atoms with Crippen molar-refractivity contribution in [2.45, 2.75) is 23.3 Å². The van der Waals surface area contributed by atoms with Gasteiger partial charge < -0.3 is 9.30 Å². The van der Waals surface area contributed by atoms with Crippen LogP contribution >= 0.6 is 0 Å². The van der Waals surface area contributed by atoms with Crippen LogP contribution in [0.15, 0.2) is 87.5 Å². The average Bonchev–Trinajstić information content (AvgIpc) is 2.76. The number of sulfone groups is 1. The lowest BCUT2D eigenvalue weighted by atomic mass is 10.1. The molecule has 0 atom stereocenters. The van der Waals surface area contributed by atoms with E-state index in [4.69, 9.17) is 4.74 Å². The molecule has 0 saturated heterocycles. The fourth-order valence-corrected chi connectivity index (χ4v) is 4.87. The van der Waals surface area contributed by atoms with Crippen molar-refractivity contribution in [2.24, 2.45) is 0 Å². The Balaban J connectivity index is 1.97. The maximum Gasteiger partial charge on any atom is 0.211 e. The fraction of sp³-hybridized carbons (Fsp3) is 0.125. The molecule has 32 heavy (non-hydrogen) atoms. The van der Waals surface area contributed by atoms with Crippen LogP contribution in [0.25, 0.3) is 10.9 Å². The molecule has 164 valence electrons. The first-order valence-corrected chi connectivity index (χ1v) is 11.3. The minimum atomic E-state index is -4.24. The van der Waals surface area contributed by atoms with E-state index in [0.717, 1.165) is 24.3 Å². The van der Waals surface area contributed by atoms with E-state index in [9.17, 15) is 22.0 Å². The molecule has 0 aliphatic heterocycles. The summed E-state index contributed by atoms with van der Waals surface area (Å²) in [5.74, 6) is -0.594. The van der Waals surface area contributed by atoms with Crippen LogP contribution in [0.2, 0.25) is 0 Å². The second-order valence-electron chi connectivity index (χ2n) is 7.15. The van der Waals surface area contributed by atoms with Gasteiger partial charge in [-0.3, -0.25) is 4.79 Å². The van der Waals surface area contributed by atoms with Gasteiger partial charge in [0.25, 0.3) is 0 Å². The molecule has 0 saturated carbocycles. The van der Waals surface area contributed by atoms with Crippen LogP contribution in [0, 0.1) is 11.6 Å². The predicted molar refractivity (Wildman–Crippen MR) is 117 cm³/mol. The maximum absolute atomic E-state index is 13.7. The minimum absolute atomic E-state index is 0.133. The van der Waals surface area contributed by atoms with E-state index in [0.29, 0.717) is 23.4 Å². The molecule has 0 radical (unpaired) electrons. The number of ether oxygens (including phenoxy) is 1. The van der Waals surface area contributed by atoms with Gasteiger partial charge in [0.1, 0.15) is 22.3 Å². The van der Waals surface area contributed by atoms with Crippen LogP contribution in [0.4, 0.5) is 8.78 Å². The number of hydrogen-bond acceptors (Lipinski definition) is 4. The normalized spacial score (nSPS) is 11.6. The quantitative estimate of drug-likeness (QED) is 0.400. The summed E-state index contributed by atoms with van der Waals surface area (Å²) in [6, 6.07) is 15.0. The van der Waals surface area contributed by atoms with Crippen molar-refractivity contribution >= 4 is 20.7 Å². The van der Waals surface area contributed by atoms with E-state index in [-0.39, 0.29) is 16.8 Å². The zero-order valence-corrected chi connectivity index (χ0v) is 17.9. The molecule has 0 amide bonds. The van der Waals surface area contributed by atoms with Gasteiger partial charge in [0, 0.05) is 12.7 Å². The number of pyridine rings is 1. The molecule has 4 rings (SSSR count). The third-order valence-electron chi connectivity index (χ3n) is 4.99. The Labute approximate surface area is 183 Å². The van der Waals surface area contributed by atoms with Gasteiger partial charge in [-0.05, 0) is 67.1 Å². The van der Waals surface area contributed by atoms with E-state index in [1.165, 1.54) is 24.4 Å². The van der Waals surface area contributed by atoms with E-state index in [1.807, 2.05) is 0 Å². The van der Waals surface area contributed by atoms with Crippen molar-refractivity contribution in [2.75, 3.05) is 6.61 Å². The SMILES string of the molecule is CCOc1ccc2c(c1)c(=O)c(S(=O)(=O)c1ccc(F)cc1)cn2Cc1cccc(F)c1. The Bertz CT molecular complexity index is 1460. The number of hydrogen-bond donors (Lipinski definition) is 0. The second-order valence-corrected chi connectivity index (χ2v) is 9.07. The van der Waals surface area contributed by atoms with E-state index in [1.54, 1.807) is 35.8 Å². The Kier molecular flexibility index (Phi) is 5.80. The van der Waals surface area contributed by atoms with Crippen molar-refractivity contribution < 1.29 is 21.9 Å². The number of aromatic nitrogens is 1. The van der Waals surface area contributed by atoms with Crippen molar-refractivity contribution in [1.82, 2.24) is 4.57 Å². The molecular formula is C24H19F2NO4S. The summed E-state index contributed by atoms with van der Waals surface area (Å²) in [6.07, 6.45) is 1.24. The molecule has 3 aromatic carbocycles. The molecule has 0 aliphatic carbocycles. The van der Waals surface area contributed by atoms with Crippen LogP contribution in [-0.4, -0.2) is 19.6 Å². The maximum atomic E-state index is 13.7. The third kappa shape index (κ3) is 4.13. The standard InChI is InChI=1S/C24H19F2NO4S/c1-2-31-19-8-11-22-21(13-19)24(28)23(32(29,30)20-9-6-17(25)7-10-20)15-27(22)14-16-4-3-5-18(26)12-16/h3-13,15H,2,14H2,1H3. The smallest absolute Gasteiger partial charge is 0.211 e. The van der Waals surface area contributed by atoms with Crippen LogP contribution < -0.4 is 10.2 Å². The lowest BCUT2D eigenvalue weighted by Gasteiger charge is -2.15. The first-order chi connectivity index (χ1) is 15.3. The van der Waals surface area contributed by atoms with Gasteiger partial charge in [0.2, 0.25) is 15.3 Å². The monoisotopic (exact) mass is 455 g/mol. The Morgan fingerprint density at radius 2 is 1.69 bits per heavy atom. The second kappa shape index (κ2) is 8.55. The van der Waals surface area contributed by atoms with Gasteiger partial charge in [-0.2, -0.15) is 0 Å². The number of nitrogens with zero attached hydrogens (tertiary/aromatic N) is 1. The highest BCUT2D eigenvalue weighted by Gasteiger charge is 2.24. The summed E-state index contributed by atoms with van der Waals surface area (Å²) >= 11 is 0. The summed E-state index contributed by atoms with van der Waals surface area (Å²) in [4.78, 5) is 12.6. The molecule has 0 bridgehead atoms. The van der Waals surface area contributed by atoms with E-state index < -0.39 is 31.8 Å². The van der Waals surface area contributed by atoms with Gasteiger partial charge in [-0.1, -0.05) is 12.1 Å². The topological polar surface area (TPSA) is 65.4 Å². The molecule has 5 nitrogen and oxygen atoms in total. The summed E-state index contributed by atoms with van der Waals surface area (Å²) in [5.41, 5.74) is 0.371. The molecule has 0 fully saturated rings. The molecular weight excluding hydrogens is 436 g/mol. The average molecular weight is 455 g/mol. The van der Waals surface area contributed by atoms with Gasteiger partial charge in [0.15, 0.2) is 0 Å². The van der Waals surface area contributed by atoms with Crippen LogP contribution in [0.1, 0.15) is 12.5 Å². The summed E-state index contributed by atoms with van der Waals surface area (Å²) in [5, 5.41) is 0.149. The molecule has 0 unspecified atom stereocenters. The van der Waals surface area contributed by atoms with Crippen LogP contribution in [0.5, 0.6) is 5.75 Å². The van der Waals surface area contributed by atoms with E-state index >= 15 is 0 Å². The van der Waals surface area contributed by atoms with Gasteiger partial charge >= 0.3 is 0 Å². The fourth-order valence-electron chi connectivity index (χ4n) is 3.50. The number of benzene rings is 3. The summed E-state index contributed by atoms with van der Waals surface area (Å²) in [7, 11) is -4.24. The third-order valence-corrected chi connectivity index (χ3v) is 6.75. The van der Waals surface area contributed by atoms with Crippen LogP contribution in [-0.2, 0) is 16.4 Å². The van der Waals surface area contributed by atoms with Crippen molar-refractivity contribution in [3.63, 3.8) is 0 Å². The molecule has 4 aromatic rings. The first-order valence-electron chi connectivity index (χ1n) is 9.84. The molecule has 0 spiro atoms. The molecule has 1 aromatic heterocycles. The number of fused-ring (bicyclic) bond motifs is 1. The zero-order valence-electron chi connectivity index (χ0n) is 17.1. The van der Waals surface area contributed by atoms with Crippen molar-refractivity contribution in [3.8, 4) is 5.75 Å². The van der Waals surface area contributed by atoms with Gasteiger partial charge in [-0.25, -0.2) is 17.2 Å². The Morgan fingerprint density at radius 1 is 0.938 bits per heavy atom. The predicted octanol–water partition coefficient (Wildman–Crippen LogP) is 4.56. The molecule has 0 aliphatic rings. The van der Waals surface area contributed by atoms with Crippen LogP contribution in [0.3, 0.4) is 0 Å². The lowest BCUT2D eigenvalue weighted by molar-refractivity contribution is 0.340. The molecule has 0 N–H and O–H groups in total. The summed E-state index contributed by atoms with van der Waals surface area (Å²) < 4.78 is 60.6. The lowest BCUT2D eigenvalue weighted by Crippen LogP contribution is -2.20. The Morgan fingerprint density at radius 3 is 2.38 bits per heavy atom. The first kappa shape index (κ1) is 21.7. The largest absolute Gasteiger partial charge is 0.494 e. The number of rotatable bonds is 6. The zero-order chi connectivity index (χ0) is 22.9. The number of halogens is 2. The van der Waals surface area contributed by atoms with E-state index in [2.05, 4.69) is 0 Å². The van der Waals surface area contributed by atoms with Gasteiger partial charge in [-0.15, -0.1) is 0 Å².